The van der Waals surface area contributed by atoms with Gasteiger partial charge in [0, 0.05) is 12.5 Å². The molecule has 0 radical (unpaired) electrons. The van der Waals surface area contributed by atoms with Crippen molar-refractivity contribution in [1.29, 1.82) is 0 Å². The molecule has 0 aliphatic carbocycles. The van der Waals surface area contributed by atoms with Crippen LogP contribution in [0.4, 0.5) is 0 Å². The molecule has 112 valence electrons. The van der Waals surface area contributed by atoms with Gasteiger partial charge in [-0.3, -0.25) is 4.79 Å². The van der Waals surface area contributed by atoms with E-state index in [9.17, 15) is 4.79 Å². The maximum absolute atomic E-state index is 11.7. The van der Waals surface area contributed by atoms with Gasteiger partial charge in [-0.1, -0.05) is 44.5 Å². The number of carbonyl (C=O) groups excluding carboxylic acids is 1. The molecule has 1 aromatic carbocycles. The first-order valence-electron chi connectivity index (χ1n) is 7.35. The lowest BCUT2D eigenvalue weighted by Gasteiger charge is -2.02. The molecule has 0 aliphatic rings. The lowest BCUT2D eigenvalue weighted by atomic mass is 10.1. The van der Waals surface area contributed by atoms with Gasteiger partial charge in [-0.15, -0.1) is 5.10 Å². The van der Waals surface area contributed by atoms with E-state index in [2.05, 4.69) is 23.9 Å². The van der Waals surface area contributed by atoms with Crippen molar-refractivity contribution in [3.05, 3.63) is 29.8 Å². The highest BCUT2D eigenvalue weighted by Crippen LogP contribution is 2.21. The maximum Gasteiger partial charge on any atom is 0.336 e. The van der Waals surface area contributed by atoms with Crippen LogP contribution < -0.4 is 4.74 Å². The number of unbranched alkanes of at least 4 members (excludes halogenated alkanes) is 1. The normalized spacial score (nSPS) is 10.6. The summed E-state index contributed by atoms with van der Waals surface area (Å²) in [5, 5.41) is 4.13. The van der Waals surface area contributed by atoms with Crippen molar-refractivity contribution in [2.75, 3.05) is 6.61 Å². The van der Waals surface area contributed by atoms with E-state index in [0.29, 0.717) is 12.4 Å². The van der Waals surface area contributed by atoms with Gasteiger partial charge in [0.15, 0.2) is 5.82 Å². The lowest BCUT2D eigenvalue weighted by molar-refractivity contribution is 0.0921. The van der Waals surface area contributed by atoms with E-state index < -0.39 is 0 Å². The quantitative estimate of drug-likeness (QED) is 0.764. The summed E-state index contributed by atoms with van der Waals surface area (Å²) in [5.74, 6) is 0.346. The SMILES string of the molecule is CCCCOc1nc(-c2ccc(CC)cc2)n(C(C)=O)n1. The average Bonchev–Trinajstić information content (AvgIpc) is 2.92. The number of aromatic nitrogens is 3. The number of carbonyl (C=O) groups is 1. The summed E-state index contributed by atoms with van der Waals surface area (Å²) >= 11 is 0. The van der Waals surface area contributed by atoms with Gasteiger partial charge in [0.25, 0.3) is 0 Å². The predicted octanol–water partition coefficient (Wildman–Crippen LogP) is 3.35. The number of aryl methyl sites for hydroxylation is 1. The second-order valence-electron chi connectivity index (χ2n) is 4.90. The molecule has 0 amide bonds. The molecule has 5 heteroatoms. The van der Waals surface area contributed by atoms with Crippen molar-refractivity contribution in [3.63, 3.8) is 0 Å². The molecule has 0 bridgehead atoms. The summed E-state index contributed by atoms with van der Waals surface area (Å²) in [7, 11) is 0. The van der Waals surface area contributed by atoms with E-state index in [-0.39, 0.29) is 11.9 Å². The van der Waals surface area contributed by atoms with Crippen LogP contribution in [-0.2, 0) is 6.42 Å². The highest BCUT2D eigenvalue weighted by Gasteiger charge is 2.15. The first kappa shape index (κ1) is 15.2. The van der Waals surface area contributed by atoms with Gasteiger partial charge in [0.05, 0.1) is 6.61 Å². The topological polar surface area (TPSA) is 57.0 Å². The molecule has 0 saturated carbocycles. The molecule has 1 aromatic heterocycles. The summed E-state index contributed by atoms with van der Waals surface area (Å²) in [4.78, 5) is 16.0. The van der Waals surface area contributed by atoms with Crippen LogP contribution in [-0.4, -0.2) is 27.3 Å². The van der Waals surface area contributed by atoms with Crippen LogP contribution in [0.1, 0.15) is 44.0 Å². The lowest BCUT2D eigenvalue weighted by Crippen LogP contribution is -2.09. The van der Waals surface area contributed by atoms with E-state index >= 15 is 0 Å². The smallest absolute Gasteiger partial charge is 0.336 e. The molecule has 1 heterocycles. The zero-order valence-corrected chi connectivity index (χ0v) is 12.8. The van der Waals surface area contributed by atoms with Crippen LogP contribution in [0.25, 0.3) is 11.4 Å². The molecule has 0 atom stereocenters. The van der Waals surface area contributed by atoms with E-state index in [4.69, 9.17) is 4.74 Å². The third-order valence-corrected chi connectivity index (χ3v) is 3.24. The van der Waals surface area contributed by atoms with Gasteiger partial charge in [-0.25, -0.2) is 0 Å². The van der Waals surface area contributed by atoms with Crippen LogP contribution in [0.2, 0.25) is 0 Å². The highest BCUT2D eigenvalue weighted by molar-refractivity contribution is 5.80. The van der Waals surface area contributed by atoms with E-state index in [0.717, 1.165) is 24.8 Å². The Kier molecular flexibility index (Phi) is 5.09. The highest BCUT2D eigenvalue weighted by atomic mass is 16.5. The maximum atomic E-state index is 11.7. The minimum absolute atomic E-state index is 0.178. The molecular formula is C16H21N3O2. The van der Waals surface area contributed by atoms with Crippen molar-refractivity contribution < 1.29 is 9.53 Å². The van der Waals surface area contributed by atoms with Crippen molar-refractivity contribution in [3.8, 4) is 17.4 Å². The van der Waals surface area contributed by atoms with Gasteiger partial charge in [-0.05, 0) is 18.4 Å². The van der Waals surface area contributed by atoms with Gasteiger partial charge >= 0.3 is 6.01 Å². The van der Waals surface area contributed by atoms with Gasteiger partial charge in [0.2, 0.25) is 5.91 Å². The minimum Gasteiger partial charge on any atom is -0.462 e. The molecule has 2 aromatic rings. The number of benzene rings is 1. The Balaban J connectivity index is 2.29. The molecule has 0 spiro atoms. The Morgan fingerprint density at radius 3 is 2.52 bits per heavy atom. The molecule has 0 N–H and O–H groups in total. The Labute approximate surface area is 125 Å². The number of rotatable bonds is 6. The zero-order chi connectivity index (χ0) is 15.2. The van der Waals surface area contributed by atoms with Gasteiger partial charge < -0.3 is 4.74 Å². The third-order valence-electron chi connectivity index (χ3n) is 3.24. The molecule has 0 saturated heterocycles. The summed E-state index contributed by atoms with van der Waals surface area (Å²) < 4.78 is 6.78. The van der Waals surface area contributed by atoms with Crippen molar-refractivity contribution in [1.82, 2.24) is 14.8 Å². The third kappa shape index (κ3) is 3.68. The van der Waals surface area contributed by atoms with Crippen LogP contribution in [0.15, 0.2) is 24.3 Å². The summed E-state index contributed by atoms with van der Waals surface area (Å²) in [6.07, 6.45) is 2.96. The largest absolute Gasteiger partial charge is 0.462 e. The Bertz CT molecular complexity index is 602. The van der Waals surface area contributed by atoms with Crippen LogP contribution in [0.3, 0.4) is 0 Å². The zero-order valence-electron chi connectivity index (χ0n) is 12.8. The second-order valence-corrected chi connectivity index (χ2v) is 4.90. The summed E-state index contributed by atoms with van der Waals surface area (Å²) in [6.45, 7) is 6.22. The Morgan fingerprint density at radius 2 is 1.95 bits per heavy atom. The van der Waals surface area contributed by atoms with E-state index in [1.54, 1.807) is 0 Å². The average molecular weight is 287 g/mol. The first-order chi connectivity index (χ1) is 10.2. The van der Waals surface area contributed by atoms with E-state index in [1.165, 1.54) is 17.2 Å². The molecule has 2 rings (SSSR count). The second kappa shape index (κ2) is 7.02. The van der Waals surface area contributed by atoms with Crippen molar-refractivity contribution in [2.45, 2.75) is 40.0 Å². The standard InChI is InChI=1S/C16H21N3O2/c1-4-6-11-21-16-17-15(19(18-16)12(3)20)14-9-7-13(5-2)8-10-14/h7-10H,4-6,11H2,1-3H3. The van der Waals surface area contributed by atoms with E-state index in [1.807, 2.05) is 24.3 Å². The fourth-order valence-electron chi connectivity index (χ4n) is 1.96. The van der Waals surface area contributed by atoms with Crippen LogP contribution >= 0.6 is 0 Å². The van der Waals surface area contributed by atoms with Crippen molar-refractivity contribution in [2.24, 2.45) is 0 Å². The van der Waals surface area contributed by atoms with Crippen LogP contribution in [0.5, 0.6) is 6.01 Å². The molecule has 0 aliphatic heterocycles. The summed E-state index contributed by atoms with van der Waals surface area (Å²) in [5.41, 5.74) is 2.10. The Hall–Kier alpha value is -2.17. The fraction of sp³-hybridized carbons (Fsp3) is 0.438. The molecule has 21 heavy (non-hydrogen) atoms. The molecule has 0 unspecified atom stereocenters. The van der Waals surface area contributed by atoms with Gasteiger partial charge in [-0.2, -0.15) is 9.67 Å². The van der Waals surface area contributed by atoms with Crippen molar-refractivity contribution >= 4 is 5.91 Å². The number of hydrogen-bond donors (Lipinski definition) is 0. The molecule has 0 fully saturated rings. The number of ether oxygens (including phenoxy) is 1. The van der Waals surface area contributed by atoms with Gasteiger partial charge in [0.1, 0.15) is 0 Å². The number of nitrogens with zero attached hydrogens (tertiary/aromatic N) is 3. The fourth-order valence-corrected chi connectivity index (χ4v) is 1.96. The predicted molar refractivity (Wildman–Crippen MR) is 81.5 cm³/mol. The monoisotopic (exact) mass is 287 g/mol. The van der Waals surface area contributed by atoms with Crippen LogP contribution in [0, 0.1) is 0 Å². The minimum atomic E-state index is -0.178. The first-order valence-corrected chi connectivity index (χ1v) is 7.35. The Morgan fingerprint density at radius 1 is 1.24 bits per heavy atom. The molecule has 5 nitrogen and oxygen atoms in total. The molecular weight excluding hydrogens is 266 g/mol. The number of hydrogen-bond acceptors (Lipinski definition) is 4. The summed E-state index contributed by atoms with van der Waals surface area (Å²) in [6, 6.07) is 8.24.